The molecule has 1 atom stereocenters. The molecule has 19 heavy (non-hydrogen) atoms. The summed E-state index contributed by atoms with van der Waals surface area (Å²) in [4.78, 5) is 2.47. The molecule has 3 nitrogen and oxygen atoms in total. The van der Waals surface area contributed by atoms with E-state index in [9.17, 15) is 0 Å². The summed E-state index contributed by atoms with van der Waals surface area (Å²) in [7, 11) is 0. The van der Waals surface area contributed by atoms with E-state index in [1.807, 2.05) is 0 Å². The van der Waals surface area contributed by atoms with Gasteiger partial charge in [-0.25, -0.2) is 0 Å². The molecule has 1 heterocycles. The Morgan fingerprint density at radius 1 is 1.47 bits per heavy atom. The summed E-state index contributed by atoms with van der Waals surface area (Å²) < 4.78 is 6.94. The normalized spacial score (nSPS) is 20.8. The van der Waals surface area contributed by atoms with Gasteiger partial charge in [-0.3, -0.25) is 4.90 Å². The Morgan fingerprint density at radius 2 is 2.26 bits per heavy atom. The number of benzene rings is 1. The van der Waals surface area contributed by atoms with Crippen LogP contribution in [0.3, 0.4) is 0 Å². The number of hydrogen-bond donors (Lipinski definition) is 1. The van der Waals surface area contributed by atoms with E-state index in [-0.39, 0.29) is 6.10 Å². The van der Waals surface area contributed by atoms with E-state index in [2.05, 4.69) is 65.1 Å². The number of nitrogens with one attached hydrogen (secondary N) is 1. The molecule has 1 aliphatic rings. The molecule has 1 unspecified atom stereocenters. The quantitative estimate of drug-likeness (QED) is 0.918. The number of morpholine rings is 1. The van der Waals surface area contributed by atoms with Crippen LogP contribution in [0.2, 0.25) is 0 Å². The molecule has 0 amide bonds. The number of halogens is 1. The Morgan fingerprint density at radius 3 is 3.00 bits per heavy atom. The first-order valence-electron chi connectivity index (χ1n) is 6.92. The third kappa shape index (κ3) is 4.20. The van der Waals surface area contributed by atoms with Gasteiger partial charge in [0.1, 0.15) is 0 Å². The Hall–Kier alpha value is -0.580. The van der Waals surface area contributed by atoms with Crippen LogP contribution in [-0.2, 0) is 4.74 Å². The van der Waals surface area contributed by atoms with Gasteiger partial charge in [0.15, 0.2) is 0 Å². The molecule has 0 aliphatic carbocycles. The Bertz CT molecular complexity index is 423. The van der Waals surface area contributed by atoms with Crippen LogP contribution in [-0.4, -0.2) is 43.3 Å². The molecule has 2 rings (SSSR count). The van der Waals surface area contributed by atoms with E-state index in [1.165, 1.54) is 5.56 Å². The van der Waals surface area contributed by atoms with Crippen LogP contribution in [0.5, 0.6) is 0 Å². The average Bonchev–Trinajstić information content (AvgIpc) is 2.40. The van der Waals surface area contributed by atoms with Crippen LogP contribution >= 0.6 is 15.9 Å². The molecule has 1 aromatic carbocycles. The van der Waals surface area contributed by atoms with Gasteiger partial charge in [0, 0.05) is 35.8 Å². The highest BCUT2D eigenvalue weighted by atomic mass is 79.9. The molecular weight excluding hydrogens is 304 g/mol. The van der Waals surface area contributed by atoms with Crippen molar-refractivity contribution in [3.8, 4) is 0 Å². The SMILES string of the molecule is Cc1ccc(Br)c(NCC2CN(C(C)C)CCO2)c1. The highest BCUT2D eigenvalue weighted by Crippen LogP contribution is 2.23. The van der Waals surface area contributed by atoms with Gasteiger partial charge in [-0.05, 0) is 54.4 Å². The van der Waals surface area contributed by atoms with Crippen molar-refractivity contribution in [2.75, 3.05) is 31.6 Å². The van der Waals surface area contributed by atoms with Crippen molar-refractivity contribution in [2.45, 2.75) is 32.9 Å². The predicted octanol–water partition coefficient (Wildman–Crippen LogP) is 3.28. The Labute approximate surface area is 124 Å². The monoisotopic (exact) mass is 326 g/mol. The zero-order chi connectivity index (χ0) is 13.8. The maximum absolute atomic E-state index is 5.83. The third-order valence-corrected chi connectivity index (χ3v) is 4.23. The summed E-state index contributed by atoms with van der Waals surface area (Å²) in [5.41, 5.74) is 2.41. The Balaban J connectivity index is 1.89. The number of hydrogen-bond acceptors (Lipinski definition) is 3. The van der Waals surface area contributed by atoms with Crippen LogP contribution in [0.1, 0.15) is 19.4 Å². The lowest BCUT2D eigenvalue weighted by molar-refractivity contribution is -0.0315. The molecular formula is C15H23BrN2O. The van der Waals surface area contributed by atoms with Gasteiger partial charge in [-0.2, -0.15) is 0 Å². The van der Waals surface area contributed by atoms with Crippen molar-refractivity contribution >= 4 is 21.6 Å². The van der Waals surface area contributed by atoms with E-state index >= 15 is 0 Å². The minimum atomic E-state index is 0.267. The number of rotatable bonds is 4. The van der Waals surface area contributed by atoms with E-state index in [4.69, 9.17) is 4.74 Å². The van der Waals surface area contributed by atoms with Crippen LogP contribution in [0.4, 0.5) is 5.69 Å². The van der Waals surface area contributed by atoms with Gasteiger partial charge in [0.25, 0.3) is 0 Å². The molecule has 0 aromatic heterocycles. The number of anilines is 1. The molecule has 1 aliphatic heterocycles. The molecule has 1 saturated heterocycles. The number of nitrogens with zero attached hydrogens (tertiary/aromatic N) is 1. The van der Waals surface area contributed by atoms with Crippen molar-refractivity contribution in [1.82, 2.24) is 4.90 Å². The minimum absolute atomic E-state index is 0.267. The van der Waals surface area contributed by atoms with Crippen molar-refractivity contribution in [3.05, 3.63) is 28.2 Å². The van der Waals surface area contributed by atoms with Crippen molar-refractivity contribution in [2.24, 2.45) is 0 Å². The van der Waals surface area contributed by atoms with E-state index < -0.39 is 0 Å². The molecule has 0 bridgehead atoms. The van der Waals surface area contributed by atoms with Gasteiger partial charge < -0.3 is 10.1 Å². The summed E-state index contributed by atoms with van der Waals surface area (Å²) in [6.07, 6.45) is 0.267. The topological polar surface area (TPSA) is 24.5 Å². The largest absolute Gasteiger partial charge is 0.381 e. The molecule has 0 saturated carbocycles. The van der Waals surface area contributed by atoms with Crippen LogP contribution in [0.15, 0.2) is 22.7 Å². The second-order valence-electron chi connectivity index (χ2n) is 5.45. The summed E-state index contributed by atoms with van der Waals surface area (Å²) in [5.74, 6) is 0. The molecule has 1 fully saturated rings. The minimum Gasteiger partial charge on any atom is -0.381 e. The lowest BCUT2D eigenvalue weighted by Gasteiger charge is -2.35. The summed E-state index contributed by atoms with van der Waals surface area (Å²) in [5, 5.41) is 3.48. The van der Waals surface area contributed by atoms with E-state index in [0.717, 1.165) is 36.4 Å². The number of aryl methyl sites for hydroxylation is 1. The fourth-order valence-electron chi connectivity index (χ4n) is 2.33. The first-order valence-corrected chi connectivity index (χ1v) is 7.71. The Kier molecular flexibility index (Phi) is 5.25. The lowest BCUT2D eigenvalue weighted by Crippen LogP contribution is -2.48. The summed E-state index contributed by atoms with van der Waals surface area (Å²) >= 11 is 3.58. The number of ether oxygens (including phenoxy) is 1. The van der Waals surface area contributed by atoms with Gasteiger partial charge >= 0.3 is 0 Å². The average molecular weight is 327 g/mol. The van der Waals surface area contributed by atoms with E-state index in [0.29, 0.717) is 6.04 Å². The summed E-state index contributed by atoms with van der Waals surface area (Å²) in [6.45, 7) is 10.3. The van der Waals surface area contributed by atoms with Gasteiger partial charge in [-0.1, -0.05) is 6.07 Å². The standard InChI is InChI=1S/C15H23BrN2O/c1-11(2)18-6-7-19-13(10-18)9-17-15-8-12(3)4-5-14(15)16/h4-5,8,11,13,17H,6-7,9-10H2,1-3H3. The molecule has 0 radical (unpaired) electrons. The maximum Gasteiger partial charge on any atom is 0.0874 e. The zero-order valence-corrected chi connectivity index (χ0v) is 13.5. The first-order chi connectivity index (χ1) is 9.06. The highest BCUT2D eigenvalue weighted by Gasteiger charge is 2.22. The van der Waals surface area contributed by atoms with Crippen LogP contribution in [0.25, 0.3) is 0 Å². The van der Waals surface area contributed by atoms with Gasteiger partial charge in [0.05, 0.1) is 12.7 Å². The molecule has 4 heteroatoms. The molecule has 106 valence electrons. The fraction of sp³-hybridized carbons (Fsp3) is 0.600. The van der Waals surface area contributed by atoms with Crippen molar-refractivity contribution < 1.29 is 4.74 Å². The first kappa shape index (κ1) is 14.8. The van der Waals surface area contributed by atoms with Crippen molar-refractivity contribution in [1.29, 1.82) is 0 Å². The van der Waals surface area contributed by atoms with Gasteiger partial charge in [0.2, 0.25) is 0 Å². The fourth-order valence-corrected chi connectivity index (χ4v) is 2.72. The zero-order valence-electron chi connectivity index (χ0n) is 11.9. The van der Waals surface area contributed by atoms with Crippen LogP contribution in [0, 0.1) is 6.92 Å². The lowest BCUT2D eigenvalue weighted by atomic mass is 10.2. The second-order valence-corrected chi connectivity index (χ2v) is 6.30. The second kappa shape index (κ2) is 6.73. The molecule has 0 spiro atoms. The predicted molar refractivity (Wildman–Crippen MR) is 83.8 cm³/mol. The van der Waals surface area contributed by atoms with E-state index in [1.54, 1.807) is 0 Å². The smallest absolute Gasteiger partial charge is 0.0874 e. The summed E-state index contributed by atoms with van der Waals surface area (Å²) in [6, 6.07) is 6.94. The third-order valence-electron chi connectivity index (χ3n) is 3.54. The molecule has 1 N–H and O–H groups in total. The van der Waals surface area contributed by atoms with Gasteiger partial charge in [-0.15, -0.1) is 0 Å². The maximum atomic E-state index is 5.83. The molecule has 1 aromatic rings. The van der Waals surface area contributed by atoms with Crippen LogP contribution < -0.4 is 5.32 Å². The highest BCUT2D eigenvalue weighted by molar-refractivity contribution is 9.10. The van der Waals surface area contributed by atoms with Crippen molar-refractivity contribution in [3.63, 3.8) is 0 Å².